The lowest BCUT2D eigenvalue weighted by Crippen LogP contribution is -1.97. The molecule has 0 aliphatic rings. The standard InChI is InChI=1S/C54H34N2/c1-2-14-35(15-3-1)39-16-8-11-23-50(39)56-52-25-13-10-22-46(52)49-33-37(27-31-54(49)56)36-26-30-53-48(32-36)45-21-9-12-24-51(45)55(53)38-28-29-44-42-19-5-4-17-40(42)41-18-6-7-20-43(41)47(44)34-38/h1-34H. The van der Waals surface area contributed by atoms with Crippen molar-refractivity contribution in [2.24, 2.45) is 0 Å². The zero-order chi connectivity index (χ0) is 36.7. The number of aromatic nitrogens is 2. The van der Waals surface area contributed by atoms with Gasteiger partial charge in [0.05, 0.1) is 27.8 Å². The molecule has 56 heavy (non-hydrogen) atoms. The van der Waals surface area contributed by atoms with Gasteiger partial charge in [-0.05, 0) is 104 Å². The Bertz CT molecular complexity index is 3490. The Kier molecular flexibility index (Phi) is 6.66. The molecule has 0 N–H and O–H groups in total. The van der Waals surface area contributed by atoms with Gasteiger partial charge >= 0.3 is 0 Å². The van der Waals surface area contributed by atoms with Gasteiger partial charge in [-0.15, -0.1) is 0 Å². The molecule has 0 amide bonds. The second kappa shape index (κ2) is 12.0. The van der Waals surface area contributed by atoms with E-state index in [2.05, 4.69) is 215 Å². The molecule has 2 aromatic heterocycles. The van der Waals surface area contributed by atoms with Crippen LogP contribution in [0.5, 0.6) is 0 Å². The minimum Gasteiger partial charge on any atom is -0.309 e. The fourth-order valence-corrected chi connectivity index (χ4v) is 9.41. The van der Waals surface area contributed by atoms with E-state index in [9.17, 15) is 0 Å². The number of para-hydroxylation sites is 3. The molecule has 0 saturated carbocycles. The van der Waals surface area contributed by atoms with Crippen molar-refractivity contribution in [1.29, 1.82) is 0 Å². The van der Waals surface area contributed by atoms with Crippen LogP contribution in [0.3, 0.4) is 0 Å². The number of benzene rings is 10. The summed E-state index contributed by atoms with van der Waals surface area (Å²) >= 11 is 0. The number of rotatable bonds is 4. The molecule has 0 atom stereocenters. The first-order valence-corrected chi connectivity index (χ1v) is 19.4. The van der Waals surface area contributed by atoms with Crippen molar-refractivity contribution >= 4 is 75.9 Å². The summed E-state index contributed by atoms with van der Waals surface area (Å²) in [4.78, 5) is 0. The lowest BCUT2D eigenvalue weighted by atomic mass is 9.94. The highest BCUT2D eigenvalue weighted by Crippen LogP contribution is 2.41. The molecule has 0 aliphatic carbocycles. The summed E-state index contributed by atoms with van der Waals surface area (Å²) in [6.07, 6.45) is 0. The van der Waals surface area contributed by atoms with Crippen LogP contribution in [0.1, 0.15) is 0 Å². The number of hydrogen-bond donors (Lipinski definition) is 0. The van der Waals surface area contributed by atoms with Crippen LogP contribution in [0.2, 0.25) is 0 Å². The third-order valence-corrected chi connectivity index (χ3v) is 11.9. The molecule has 2 nitrogen and oxygen atoms in total. The Morgan fingerprint density at radius 2 is 0.679 bits per heavy atom. The molecule has 0 aliphatic heterocycles. The summed E-state index contributed by atoms with van der Waals surface area (Å²) < 4.78 is 4.88. The maximum atomic E-state index is 2.44. The number of fused-ring (bicyclic) bond motifs is 12. The van der Waals surface area contributed by atoms with E-state index >= 15 is 0 Å². The molecule has 260 valence electrons. The fourth-order valence-electron chi connectivity index (χ4n) is 9.41. The van der Waals surface area contributed by atoms with Crippen LogP contribution in [0.25, 0.3) is 110 Å². The normalized spacial score (nSPS) is 11.9. The smallest absolute Gasteiger partial charge is 0.0541 e. The van der Waals surface area contributed by atoms with Crippen LogP contribution in [0.15, 0.2) is 206 Å². The van der Waals surface area contributed by atoms with Crippen molar-refractivity contribution in [2.45, 2.75) is 0 Å². The first kappa shape index (κ1) is 31.0. The molecule has 2 heteroatoms. The van der Waals surface area contributed by atoms with E-state index in [1.54, 1.807) is 0 Å². The van der Waals surface area contributed by atoms with Gasteiger partial charge in [0.25, 0.3) is 0 Å². The average Bonchev–Trinajstić information content (AvgIpc) is 3.79. The minimum atomic E-state index is 1.17. The first-order chi connectivity index (χ1) is 27.8. The number of nitrogens with zero attached hydrogens (tertiary/aromatic N) is 2. The Morgan fingerprint density at radius 3 is 1.30 bits per heavy atom. The third kappa shape index (κ3) is 4.50. The monoisotopic (exact) mass is 710 g/mol. The predicted octanol–water partition coefficient (Wildman–Crippen LogP) is 14.7. The Hall–Kier alpha value is -7.42. The van der Waals surface area contributed by atoms with Crippen LogP contribution >= 0.6 is 0 Å². The largest absolute Gasteiger partial charge is 0.309 e. The molecule has 2 heterocycles. The van der Waals surface area contributed by atoms with Gasteiger partial charge in [-0.1, -0.05) is 152 Å². The van der Waals surface area contributed by atoms with Crippen LogP contribution in [-0.4, -0.2) is 9.13 Å². The molecule has 0 saturated heterocycles. The average molecular weight is 711 g/mol. The van der Waals surface area contributed by atoms with E-state index < -0.39 is 0 Å². The Morgan fingerprint density at radius 1 is 0.232 bits per heavy atom. The van der Waals surface area contributed by atoms with E-state index in [4.69, 9.17) is 0 Å². The number of hydrogen-bond acceptors (Lipinski definition) is 0. The van der Waals surface area contributed by atoms with Gasteiger partial charge in [-0.25, -0.2) is 0 Å². The molecule has 0 fully saturated rings. The maximum Gasteiger partial charge on any atom is 0.0541 e. The highest BCUT2D eigenvalue weighted by atomic mass is 15.0. The molecule has 0 radical (unpaired) electrons. The van der Waals surface area contributed by atoms with Gasteiger partial charge in [-0.2, -0.15) is 0 Å². The highest BCUT2D eigenvalue weighted by molar-refractivity contribution is 6.25. The summed E-state index contributed by atoms with van der Waals surface area (Å²) in [7, 11) is 0. The van der Waals surface area contributed by atoms with Gasteiger partial charge in [0, 0.05) is 32.8 Å². The fraction of sp³-hybridized carbons (Fsp3) is 0. The molecule has 12 aromatic rings. The zero-order valence-electron chi connectivity index (χ0n) is 30.5. The van der Waals surface area contributed by atoms with Crippen molar-refractivity contribution in [3.05, 3.63) is 206 Å². The maximum absolute atomic E-state index is 2.44. The zero-order valence-corrected chi connectivity index (χ0v) is 30.5. The van der Waals surface area contributed by atoms with E-state index in [0.717, 1.165) is 0 Å². The molecule has 12 rings (SSSR count). The van der Waals surface area contributed by atoms with Gasteiger partial charge in [0.15, 0.2) is 0 Å². The van der Waals surface area contributed by atoms with Crippen LogP contribution in [-0.2, 0) is 0 Å². The van der Waals surface area contributed by atoms with Gasteiger partial charge in [-0.3, -0.25) is 0 Å². The predicted molar refractivity (Wildman–Crippen MR) is 239 cm³/mol. The van der Waals surface area contributed by atoms with Gasteiger partial charge < -0.3 is 9.13 Å². The lowest BCUT2D eigenvalue weighted by molar-refractivity contribution is 1.18. The molecule has 0 bridgehead atoms. The third-order valence-electron chi connectivity index (χ3n) is 11.9. The minimum absolute atomic E-state index is 1.17. The SMILES string of the molecule is c1ccc(-c2ccccc2-n2c3ccccc3c3cc(-c4ccc5c(c4)c4ccccc4n5-c4ccc5c6ccccc6c6ccccc6c5c4)ccc32)cc1. The molecular weight excluding hydrogens is 677 g/mol. The molecule has 10 aromatic carbocycles. The lowest BCUT2D eigenvalue weighted by Gasteiger charge is -2.14. The van der Waals surface area contributed by atoms with E-state index in [0.29, 0.717) is 0 Å². The summed E-state index contributed by atoms with van der Waals surface area (Å²) in [6.45, 7) is 0. The summed E-state index contributed by atoms with van der Waals surface area (Å²) in [5.41, 5.74) is 12.0. The van der Waals surface area contributed by atoms with E-state index in [-0.39, 0.29) is 0 Å². The molecule has 0 unspecified atom stereocenters. The van der Waals surface area contributed by atoms with Crippen LogP contribution < -0.4 is 0 Å². The van der Waals surface area contributed by atoms with Crippen molar-refractivity contribution < 1.29 is 0 Å². The quantitative estimate of drug-likeness (QED) is 0.161. The van der Waals surface area contributed by atoms with Crippen molar-refractivity contribution in [2.75, 3.05) is 0 Å². The van der Waals surface area contributed by atoms with Crippen LogP contribution in [0.4, 0.5) is 0 Å². The second-order valence-corrected chi connectivity index (χ2v) is 14.9. The highest BCUT2D eigenvalue weighted by Gasteiger charge is 2.18. The van der Waals surface area contributed by atoms with Crippen molar-refractivity contribution in [3.8, 4) is 33.6 Å². The van der Waals surface area contributed by atoms with Crippen molar-refractivity contribution in [3.63, 3.8) is 0 Å². The second-order valence-electron chi connectivity index (χ2n) is 14.9. The van der Waals surface area contributed by atoms with E-state index in [1.807, 2.05) is 0 Å². The van der Waals surface area contributed by atoms with Gasteiger partial charge in [0.2, 0.25) is 0 Å². The summed E-state index contributed by atoms with van der Waals surface area (Å²) in [5.74, 6) is 0. The van der Waals surface area contributed by atoms with E-state index in [1.165, 1.54) is 110 Å². The first-order valence-electron chi connectivity index (χ1n) is 19.4. The molecule has 0 spiro atoms. The van der Waals surface area contributed by atoms with Crippen LogP contribution in [0, 0.1) is 0 Å². The Balaban J connectivity index is 1.04. The summed E-state index contributed by atoms with van der Waals surface area (Å²) in [6, 6.07) is 75.7. The summed E-state index contributed by atoms with van der Waals surface area (Å²) in [5, 5.41) is 12.7. The molecular formula is C54H34N2. The van der Waals surface area contributed by atoms with Gasteiger partial charge in [0.1, 0.15) is 0 Å². The Labute approximate surface area is 323 Å². The van der Waals surface area contributed by atoms with Crippen molar-refractivity contribution in [1.82, 2.24) is 9.13 Å². The topological polar surface area (TPSA) is 9.86 Å².